The lowest BCUT2D eigenvalue weighted by atomic mass is 10.3. The molecule has 0 aliphatic carbocycles. The van der Waals surface area contributed by atoms with E-state index in [4.69, 9.17) is 0 Å². The number of amides is 1. The lowest BCUT2D eigenvalue weighted by Crippen LogP contribution is -2.30. The van der Waals surface area contributed by atoms with Crippen LogP contribution < -0.4 is 5.32 Å². The van der Waals surface area contributed by atoms with E-state index < -0.39 is 0 Å². The molecule has 2 aromatic rings. The molecule has 2 heterocycles. The molecule has 0 bridgehead atoms. The van der Waals surface area contributed by atoms with Gasteiger partial charge in [0.2, 0.25) is 0 Å². The number of nitrogens with zero attached hydrogens (tertiary/aromatic N) is 4. The predicted octanol–water partition coefficient (Wildman–Crippen LogP) is 0.744. The second-order valence-corrected chi connectivity index (χ2v) is 4.15. The highest BCUT2D eigenvalue weighted by Gasteiger charge is 2.11. The van der Waals surface area contributed by atoms with Crippen molar-refractivity contribution in [2.24, 2.45) is 7.05 Å². The average molecular weight is 233 g/mol. The molecule has 6 nitrogen and oxygen atoms in total. The SMILES string of the molecule is CC(C)NC(=O)c1ccn(-c2cnn(C)c2)n1. The zero-order chi connectivity index (χ0) is 12.4. The van der Waals surface area contributed by atoms with Crippen LogP contribution in [-0.4, -0.2) is 31.5 Å². The third-order valence-corrected chi connectivity index (χ3v) is 2.20. The van der Waals surface area contributed by atoms with Crippen LogP contribution in [0.4, 0.5) is 0 Å². The van der Waals surface area contributed by atoms with Crippen molar-refractivity contribution in [3.05, 3.63) is 30.4 Å². The van der Waals surface area contributed by atoms with E-state index >= 15 is 0 Å². The molecule has 0 aromatic carbocycles. The fraction of sp³-hybridized carbons (Fsp3) is 0.364. The van der Waals surface area contributed by atoms with E-state index in [9.17, 15) is 4.79 Å². The third-order valence-electron chi connectivity index (χ3n) is 2.20. The maximum atomic E-state index is 11.7. The molecule has 2 rings (SSSR count). The van der Waals surface area contributed by atoms with E-state index in [1.54, 1.807) is 27.8 Å². The van der Waals surface area contributed by atoms with E-state index in [1.165, 1.54) is 0 Å². The van der Waals surface area contributed by atoms with Gasteiger partial charge in [-0.05, 0) is 19.9 Å². The molecule has 1 N–H and O–H groups in total. The Labute approximate surface area is 99.2 Å². The lowest BCUT2D eigenvalue weighted by molar-refractivity contribution is 0.0937. The average Bonchev–Trinajstić information content (AvgIpc) is 2.84. The van der Waals surface area contributed by atoms with Crippen molar-refractivity contribution in [3.8, 4) is 5.69 Å². The molecule has 0 atom stereocenters. The lowest BCUT2D eigenvalue weighted by Gasteiger charge is -2.05. The van der Waals surface area contributed by atoms with Gasteiger partial charge in [-0.15, -0.1) is 0 Å². The summed E-state index contributed by atoms with van der Waals surface area (Å²) in [4.78, 5) is 11.7. The largest absolute Gasteiger partial charge is 0.348 e. The van der Waals surface area contributed by atoms with E-state index in [1.807, 2.05) is 27.1 Å². The topological polar surface area (TPSA) is 64.7 Å². The van der Waals surface area contributed by atoms with Crippen molar-refractivity contribution >= 4 is 5.91 Å². The van der Waals surface area contributed by atoms with E-state index in [0.717, 1.165) is 5.69 Å². The normalized spacial score (nSPS) is 10.8. The Morgan fingerprint density at radius 2 is 2.24 bits per heavy atom. The molecule has 6 heteroatoms. The smallest absolute Gasteiger partial charge is 0.271 e. The molecular weight excluding hydrogens is 218 g/mol. The summed E-state index contributed by atoms with van der Waals surface area (Å²) in [5.74, 6) is -0.164. The van der Waals surface area contributed by atoms with Crippen LogP contribution in [0.1, 0.15) is 24.3 Å². The van der Waals surface area contributed by atoms with Crippen molar-refractivity contribution < 1.29 is 4.79 Å². The molecule has 90 valence electrons. The molecular formula is C11H15N5O. The van der Waals surface area contributed by atoms with Crippen LogP contribution in [0.3, 0.4) is 0 Å². The Morgan fingerprint density at radius 3 is 2.82 bits per heavy atom. The first-order valence-electron chi connectivity index (χ1n) is 5.42. The molecule has 0 aliphatic rings. The van der Waals surface area contributed by atoms with Crippen LogP contribution in [0, 0.1) is 0 Å². The molecule has 0 saturated carbocycles. The summed E-state index contributed by atoms with van der Waals surface area (Å²) in [5.41, 5.74) is 1.23. The summed E-state index contributed by atoms with van der Waals surface area (Å²) < 4.78 is 3.31. The van der Waals surface area contributed by atoms with Crippen molar-refractivity contribution in [1.29, 1.82) is 0 Å². The first kappa shape index (κ1) is 11.4. The Bertz CT molecular complexity index is 525. The van der Waals surface area contributed by atoms with Gasteiger partial charge in [0.15, 0.2) is 5.69 Å². The molecule has 0 aliphatic heterocycles. The van der Waals surface area contributed by atoms with Gasteiger partial charge in [0.1, 0.15) is 5.69 Å². The van der Waals surface area contributed by atoms with Gasteiger partial charge in [0.25, 0.3) is 5.91 Å². The number of carbonyl (C=O) groups excluding carboxylic acids is 1. The van der Waals surface area contributed by atoms with Gasteiger partial charge < -0.3 is 5.32 Å². The minimum atomic E-state index is -0.164. The Balaban J connectivity index is 2.19. The summed E-state index contributed by atoms with van der Waals surface area (Å²) in [5, 5.41) is 11.0. The van der Waals surface area contributed by atoms with Crippen LogP contribution in [0.5, 0.6) is 0 Å². The van der Waals surface area contributed by atoms with Gasteiger partial charge >= 0.3 is 0 Å². The number of carbonyl (C=O) groups is 1. The molecule has 1 amide bonds. The maximum absolute atomic E-state index is 11.7. The van der Waals surface area contributed by atoms with Crippen LogP contribution in [0.15, 0.2) is 24.7 Å². The van der Waals surface area contributed by atoms with Crippen LogP contribution in [0.2, 0.25) is 0 Å². The second-order valence-electron chi connectivity index (χ2n) is 4.15. The second kappa shape index (κ2) is 4.40. The summed E-state index contributed by atoms with van der Waals surface area (Å²) in [6.07, 6.45) is 5.26. The minimum Gasteiger partial charge on any atom is -0.348 e. The number of nitrogens with one attached hydrogen (secondary N) is 1. The van der Waals surface area contributed by atoms with Crippen molar-refractivity contribution in [2.75, 3.05) is 0 Å². The molecule has 17 heavy (non-hydrogen) atoms. The van der Waals surface area contributed by atoms with Crippen LogP contribution in [0.25, 0.3) is 5.69 Å². The number of hydrogen-bond acceptors (Lipinski definition) is 3. The third kappa shape index (κ3) is 2.52. The zero-order valence-electron chi connectivity index (χ0n) is 10.1. The number of aromatic nitrogens is 4. The molecule has 0 spiro atoms. The van der Waals surface area contributed by atoms with Crippen LogP contribution in [-0.2, 0) is 7.05 Å². The van der Waals surface area contributed by atoms with E-state index in [2.05, 4.69) is 15.5 Å². The van der Waals surface area contributed by atoms with Gasteiger partial charge in [-0.2, -0.15) is 10.2 Å². The molecule has 0 unspecified atom stereocenters. The van der Waals surface area contributed by atoms with Crippen molar-refractivity contribution in [2.45, 2.75) is 19.9 Å². The molecule has 0 saturated heterocycles. The Morgan fingerprint density at radius 1 is 1.47 bits per heavy atom. The number of rotatable bonds is 3. The number of hydrogen-bond donors (Lipinski definition) is 1. The Hall–Kier alpha value is -2.11. The van der Waals surface area contributed by atoms with E-state index in [-0.39, 0.29) is 11.9 Å². The predicted molar refractivity (Wildman–Crippen MR) is 62.9 cm³/mol. The zero-order valence-corrected chi connectivity index (χ0v) is 10.1. The monoisotopic (exact) mass is 233 g/mol. The van der Waals surface area contributed by atoms with Crippen LogP contribution >= 0.6 is 0 Å². The molecule has 0 fully saturated rings. The summed E-state index contributed by atoms with van der Waals surface area (Å²) in [6.45, 7) is 3.83. The highest BCUT2D eigenvalue weighted by molar-refractivity contribution is 5.92. The molecule has 2 aromatic heterocycles. The van der Waals surface area contributed by atoms with Crippen molar-refractivity contribution in [1.82, 2.24) is 24.9 Å². The summed E-state index contributed by atoms with van der Waals surface area (Å²) in [7, 11) is 1.83. The van der Waals surface area contributed by atoms with Gasteiger partial charge in [0, 0.05) is 19.3 Å². The van der Waals surface area contributed by atoms with Gasteiger partial charge in [-0.25, -0.2) is 4.68 Å². The summed E-state index contributed by atoms with van der Waals surface area (Å²) >= 11 is 0. The first-order valence-corrected chi connectivity index (χ1v) is 5.42. The highest BCUT2D eigenvalue weighted by Crippen LogP contribution is 2.05. The highest BCUT2D eigenvalue weighted by atomic mass is 16.2. The first-order chi connectivity index (χ1) is 8.06. The maximum Gasteiger partial charge on any atom is 0.271 e. The Kier molecular flexibility index (Phi) is 2.95. The fourth-order valence-corrected chi connectivity index (χ4v) is 1.45. The standard InChI is InChI=1S/C11H15N5O/c1-8(2)13-11(17)10-4-5-16(14-10)9-6-12-15(3)7-9/h4-8H,1-3H3,(H,13,17). The quantitative estimate of drug-likeness (QED) is 0.850. The fourth-order valence-electron chi connectivity index (χ4n) is 1.45. The van der Waals surface area contributed by atoms with Gasteiger partial charge in [-0.1, -0.05) is 0 Å². The summed E-state index contributed by atoms with van der Waals surface area (Å²) in [6, 6.07) is 1.79. The van der Waals surface area contributed by atoms with Crippen molar-refractivity contribution in [3.63, 3.8) is 0 Å². The van der Waals surface area contributed by atoms with E-state index in [0.29, 0.717) is 5.69 Å². The molecule has 0 radical (unpaired) electrons. The van der Waals surface area contributed by atoms with Gasteiger partial charge in [0.05, 0.1) is 12.4 Å². The van der Waals surface area contributed by atoms with Gasteiger partial charge in [-0.3, -0.25) is 9.48 Å². The number of aryl methyl sites for hydroxylation is 1. The minimum absolute atomic E-state index is 0.103.